The summed E-state index contributed by atoms with van der Waals surface area (Å²) in [6.45, 7) is 4.91. The average Bonchev–Trinajstić information content (AvgIpc) is 2.43. The van der Waals surface area contributed by atoms with Crippen LogP contribution in [0.1, 0.15) is 19.4 Å². The summed E-state index contributed by atoms with van der Waals surface area (Å²) in [5.41, 5.74) is 6.05. The topological polar surface area (TPSA) is 70.1 Å². The number of nitrogens with two attached hydrogens (primary N) is 1. The molecule has 6 heteroatoms. The van der Waals surface area contributed by atoms with Gasteiger partial charge >= 0.3 is 5.56 Å². The van der Waals surface area contributed by atoms with Crippen LogP contribution in [0.2, 0.25) is 5.02 Å². The van der Waals surface area contributed by atoms with Crippen LogP contribution in [0.5, 0.6) is 11.6 Å². The molecule has 2 N–H and O–H groups in total. The molecule has 0 amide bonds. The highest BCUT2D eigenvalue weighted by Crippen LogP contribution is 2.28. The second-order valence-electron chi connectivity index (χ2n) is 5.11. The minimum Gasteiger partial charge on any atom is -0.434 e. The fraction of sp³-hybridized carbons (Fsp3) is 0.333. The smallest absolute Gasteiger partial charge is 0.313 e. The summed E-state index contributed by atoms with van der Waals surface area (Å²) in [6, 6.07) is 5.19. The molecule has 2 aromatic rings. The first-order chi connectivity index (χ1) is 10.0. The Morgan fingerprint density at radius 3 is 2.86 bits per heavy atom. The zero-order valence-electron chi connectivity index (χ0n) is 12.0. The molecule has 0 unspecified atom stereocenters. The fourth-order valence-corrected chi connectivity index (χ4v) is 2.21. The number of hydrogen-bond donors (Lipinski definition) is 1. The van der Waals surface area contributed by atoms with Crippen molar-refractivity contribution in [3.05, 3.63) is 51.5 Å². The SMILES string of the molecule is CC(C)Cn1ccnc(Oc2cccc(Cl)c2CN)c1=O. The predicted molar refractivity (Wildman–Crippen MR) is 82.8 cm³/mol. The Balaban J connectivity index is 2.37. The lowest BCUT2D eigenvalue weighted by atomic mass is 10.2. The van der Waals surface area contributed by atoms with E-state index in [0.29, 0.717) is 28.8 Å². The van der Waals surface area contributed by atoms with Crippen molar-refractivity contribution in [2.45, 2.75) is 26.9 Å². The molecule has 1 heterocycles. The molecule has 0 saturated carbocycles. The summed E-state index contributed by atoms with van der Waals surface area (Å²) < 4.78 is 7.21. The maximum atomic E-state index is 12.3. The maximum absolute atomic E-state index is 12.3. The van der Waals surface area contributed by atoms with E-state index in [-0.39, 0.29) is 18.0 Å². The lowest BCUT2D eigenvalue weighted by Crippen LogP contribution is -2.23. The summed E-state index contributed by atoms with van der Waals surface area (Å²) in [7, 11) is 0. The molecule has 21 heavy (non-hydrogen) atoms. The van der Waals surface area contributed by atoms with Crippen molar-refractivity contribution in [1.82, 2.24) is 9.55 Å². The third kappa shape index (κ3) is 3.62. The van der Waals surface area contributed by atoms with Gasteiger partial charge < -0.3 is 15.0 Å². The van der Waals surface area contributed by atoms with Crippen LogP contribution in [0.25, 0.3) is 0 Å². The molecule has 0 bridgehead atoms. The number of rotatable bonds is 5. The van der Waals surface area contributed by atoms with E-state index in [1.807, 2.05) is 13.8 Å². The molecule has 0 radical (unpaired) electrons. The van der Waals surface area contributed by atoms with Gasteiger partial charge in [-0.25, -0.2) is 4.98 Å². The van der Waals surface area contributed by atoms with Crippen LogP contribution in [0, 0.1) is 5.92 Å². The molecular formula is C15H18ClN3O2. The van der Waals surface area contributed by atoms with Gasteiger partial charge in [0.05, 0.1) is 0 Å². The summed E-state index contributed by atoms with van der Waals surface area (Å²) >= 11 is 6.07. The number of halogens is 1. The highest BCUT2D eigenvalue weighted by atomic mass is 35.5. The molecule has 0 spiro atoms. The van der Waals surface area contributed by atoms with E-state index in [4.69, 9.17) is 22.1 Å². The van der Waals surface area contributed by atoms with E-state index in [1.165, 1.54) is 0 Å². The van der Waals surface area contributed by atoms with Crippen molar-refractivity contribution in [3.8, 4) is 11.6 Å². The van der Waals surface area contributed by atoms with Crippen LogP contribution >= 0.6 is 11.6 Å². The number of benzene rings is 1. The summed E-state index contributed by atoms with van der Waals surface area (Å²) in [4.78, 5) is 16.3. The van der Waals surface area contributed by atoms with Crippen molar-refractivity contribution in [2.24, 2.45) is 11.7 Å². The maximum Gasteiger partial charge on any atom is 0.313 e. The molecule has 1 aromatic carbocycles. The Kier molecular flexibility index (Phi) is 4.98. The van der Waals surface area contributed by atoms with Gasteiger partial charge in [-0.05, 0) is 18.1 Å². The second-order valence-corrected chi connectivity index (χ2v) is 5.51. The Hall–Kier alpha value is -1.85. The first kappa shape index (κ1) is 15.5. The van der Waals surface area contributed by atoms with E-state index in [0.717, 1.165) is 0 Å². The van der Waals surface area contributed by atoms with Gasteiger partial charge in [0.15, 0.2) is 0 Å². The minimum absolute atomic E-state index is 0.0233. The van der Waals surface area contributed by atoms with Gasteiger partial charge in [-0.3, -0.25) is 4.79 Å². The molecular weight excluding hydrogens is 290 g/mol. The number of nitrogens with zero attached hydrogens (tertiary/aromatic N) is 2. The van der Waals surface area contributed by atoms with Crippen molar-refractivity contribution in [1.29, 1.82) is 0 Å². The van der Waals surface area contributed by atoms with Crippen LogP contribution in [-0.4, -0.2) is 9.55 Å². The number of hydrogen-bond acceptors (Lipinski definition) is 4. The number of aromatic nitrogens is 2. The molecule has 5 nitrogen and oxygen atoms in total. The van der Waals surface area contributed by atoms with Gasteiger partial charge in [0, 0.05) is 36.1 Å². The van der Waals surface area contributed by atoms with Gasteiger partial charge in [0.1, 0.15) is 5.75 Å². The quantitative estimate of drug-likeness (QED) is 0.922. The van der Waals surface area contributed by atoms with Gasteiger partial charge in [0.2, 0.25) is 0 Å². The zero-order valence-corrected chi connectivity index (χ0v) is 12.8. The summed E-state index contributed by atoms with van der Waals surface area (Å²) in [5, 5.41) is 0.508. The van der Waals surface area contributed by atoms with Gasteiger partial charge in [-0.1, -0.05) is 31.5 Å². The molecule has 0 aliphatic rings. The average molecular weight is 308 g/mol. The molecule has 0 aliphatic heterocycles. The fourth-order valence-electron chi connectivity index (χ4n) is 1.97. The Morgan fingerprint density at radius 2 is 2.19 bits per heavy atom. The van der Waals surface area contributed by atoms with Crippen molar-refractivity contribution >= 4 is 11.6 Å². The Labute approximate surface area is 128 Å². The van der Waals surface area contributed by atoms with E-state index >= 15 is 0 Å². The van der Waals surface area contributed by atoms with E-state index in [9.17, 15) is 4.79 Å². The molecule has 0 saturated heterocycles. The molecule has 0 atom stereocenters. The minimum atomic E-state index is -0.269. The van der Waals surface area contributed by atoms with Crippen LogP contribution < -0.4 is 16.0 Å². The van der Waals surface area contributed by atoms with Crippen LogP contribution in [0.15, 0.2) is 35.4 Å². The van der Waals surface area contributed by atoms with E-state index < -0.39 is 0 Å². The predicted octanol–water partition coefficient (Wildman–Crippen LogP) is 2.80. The lowest BCUT2D eigenvalue weighted by Gasteiger charge is -2.12. The van der Waals surface area contributed by atoms with Crippen LogP contribution in [0.4, 0.5) is 0 Å². The van der Waals surface area contributed by atoms with Crippen molar-refractivity contribution < 1.29 is 4.74 Å². The van der Waals surface area contributed by atoms with Crippen molar-refractivity contribution in [2.75, 3.05) is 0 Å². The lowest BCUT2D eigenvalue weighted by molar-refractivity contribution is 0.429. The first-order valence-electron chi connectivity index (χ1n) is 6.73. The third-order valence-electron chi connectivity index (χ3n) is 2.93. The second kappa shape index (κ2) is 6.74. The Bertz CT molecular complexity index is 683. The molecule has 0 fully saturated rings. The standard InChI is InChI=1S/C15H18ClN3O2/c1-10(2)9-19-7-6-18-14(15(19)20)21-13-5-3-4-12(16)11(13)8-17/h3-7,10H,8-9,17H2,1-2H3. The molecule has 112 valence electrons. The monoisotopic (exact) mass is 307 g/mol. The largest absolute Gasteiger partial charge is 0.434 e. The summed E-state index contributed by atoms with van der Waals surface area (Å²) in [6.07, 6.45) is 3.20. The highest BCUT2D eigenvalue weighted by Gasteiger charge is 2.12. The third-order valence-corrected chi connectivity index (χ3v) is 3.28. The van der Waals surface area contributed by atoms with E-state index in [2.05, 4.69) is 4.98 Å². The molecule has 0 aliphatic carbocycles. The molecule has 2 rings (SSSR count). The first-order valence-corrected chi connectivity index (χ1v) is 7.11. The van der Waals surface area contributed by atoms with Gasteiger partial charge in [-0.2, -0.15) is 0 Å². The summed E-state index contributed by atoms with van der Waals surface area (Å²) in [5.74, 6) is 0.829. The number of ether oxygens (including phenoxy) is 1. The van der Waals surface area contributed by atoms with Gasteiger partial charge in [0.25, 0.3) is 5.88 Å². The van der Waals surface area contributed by atoms with Crippen LogP contribution in [-0.2, 0) is 13.1 Å². The zero-order chi connectivity index (χ0) is 15.4. The van der Waals surface area contributed by atoms with Crippen molar-refractivity contribution in [3.63, 3.8) is 0 Å². The normalized spacial score (nSPS) is 10.9. The van der Waals surface area contributed by atoms with E-state index in [1.54, 1.807) is 35.2 Å². The van der Waals surface area contributed by atoms with Gasteiger partial charge in [-0.15, -0.1) is 0 Å². The Morgan fingerprint density at radius 1 is 1.43 bits per heavy atom. The molecule has 1 aromatic heterocycles. The van der Waals surface area contributed by atoms with Crippen LogP contribution in [0.3, 0.4) is 0 Å². The highest BCUT2D eigenvalue weighted by molar-refractivity contribution is 6.31.